The van der Waals surface area contributed by atoms with E-state index in [1.807, 2.05) is 13.8 Å². The normalized spacial score (nSPS) is 21.8. The van der Waals surface area contributed by atoms with Gasteiger partial charge in [-0.15, -0.1) is 0 Å². The van der Waals surface area contributed by atoms with E-state index in [1.54, 1.807) is 11.8 Å². The molecule has 1 heterocycles. The fourth-order valence-electron chi connectivity index (χ4n) is 2.56. The first-order valence-corrected chi connectivity index (χ1v) is 7.45. The first kappa shape index (κ1) is 17.5. The molecule has 6 heteroatoms. The lowest BCUT2D eigenvalue weighted by Crippen LogP contribution is -2.50. The Labute approximate surface area is 125 Å². The molecule has 0 aromatic rings. The minimum absolute atomic E-state index is 0.00715. The third-order valence-electron chi connectivity index (χ3n) is 4.46. The van der Waals surface area contributed by atoms with Crippen molar-refractivity contribution in [3.05, 3.63) is 0 Å². The third-order valence-corrected chi connectivity index (χ3v) is 4.46. The molecule has 0 aromatic heterocycles. The quantitative estimate of drug-likeness (QED) is 0.799. The Kier molecular flexibility index (Phi) is 5.75. The maximum atomic E-state index is 12.4. The molecule has 0 spiro atoms. The van der Waals surface area contributed by atoms with Crippen molar-refractivity contribution in [3.63, 3.8) is 0 Å². The molecule has 2 unspecified atom stereocenters. The molecule has 1 aliphatic rings. The van der Waals surface area contributed by atoms with Crippen molar-refractivity contribution in [2.75, 3.05) is 13.1 Å². The lowest BCUT2D eigenvalue weighted by Gasteiger charge is -2.36. The summed E-state index contributed by atoms with van der Waals surface area (Å²) in [5.74, 6) is -1.33. The molecule has 120 valence electrons. The third kappa shape index (κ3) is 4.44. The molecule has 2 N–H and O–H groups in total. The number of carbonyl (C=O) groups is 3. The monoisotopic (exact) mass is 298 g/mol. The van der Waals surface area contributed by atoms with Gasteiger partial charge in [-0.3, -0.25) is 14.4 Å². The van der Waals surface area contributed by atoms with E-state index in [0.29, 0.717) is 13.1 Å². The number of nitrogens with one attached hydrogen (secondary N) is 1. The van der Waals surface area contributed by atoms with Gasteiger partial charge in [0.1, 0.15) is 0 Å². The maximum absolute atomic E-state index is 12.4. The number of hydrogen-bond donors (Lipinski definition) is 2. The van der Waals surface area contributed by atoms with Crippen molar-refractivity contribution in [2.45, 2.75) is 53.0 Å². The molecular weight excluding hydrogens is 272 g/mol. The average molecular weight is 298 g/mol. The zero-order chi connectivity index (χ0) is 16.2. The van der Waals surface area contributed by atoms with Crippen LogP contribution in [0.25, 0.3) is 0 Å². The summed E-state index contributed by atoms with van der Waals surface area (Å²) in [5, 5.41) is 12.2. The smallest absolute Gasteiger partial charge is 0.310 e. The largest absolute Gasteiger partial charge is 0.481 e. The van der Waals surface area contributed by atoms with Gasteiger partial charge in [0.2, 0.25) is 11.8 Å². The highest BCUT2D eigenvalue weighted by atomic mass is 16.4. The van der Waals surface area contributed by atoms with Crippen LogP contribution in [0.15, 0.2) is 0 Å². The fraction of sp³-hybridized carbons (Fsp3) is 0.800. The van der Waals surface area contributed by atoms with Crippen molar-refractivity contribution in [2.24, 2.45) is 11.3 Å². The number of amides is 2. The van der Waals surface area contributed by atoms with E-state index in [2.05, 4.69) is 5.32 Å². The van der Waals surface area contributed by atoms with Crippen molar-refractivity contribution in [1.29, 1.82) is 0 Å². The number of aliphatic carboxylic acids is 1. The van der Waals surface area contributed by atoms with E-state index in [-0.39, 0.29) is 30.2 Å². The van der Waals surface area contributed by atoms with E-state index < -0.39 is 11.4 Å². The molecule has 6 nitrogen and oxygen atoms in total. The molecule has 21 heavy (non-hydrogen) atoms. The Hall–Kier alpha value is -1.59. The molecular formula is C15H26N2O4. The van der Waals surface area contributed by atoms with Gasteiger partial charge in [0.05, 0.1) is 5.41 Å². The van der Waals surface area contributed by atoms with Crippen molar-refractivity contribution < 1.29 is 19.5 Å². The van der Waals surface area contributed by atoms with Crippen LogP contribution in [0.2, 0.25) is 0 Å². The number of carbonyl (C=O) groups excluding carboxylic acids is 2. The highest BCUT2D eigenvalue weighted by Crippen LogP contribution is 2.32. The standard InChI is InChI=1S/C15H26N2O4/c1-10(2)15(4,14(20)21)8-13(19)17-7-5-6-12(9-17)16-11(3)18/h10,12H,5-9H2,1-4H3,(H,16,18)(H,20,21). The predicted molar refractivity (Wildman–Crippen MR) is 78.6 cm³/mol. The Morgan fingerprint density at radius 1 is 1.38 bits per heavy atom. The minimum atomic E-state index is -1.06. The number of rotatable bonds is 5. The second-order valence-corrected chi connectivity index (χ2v) is 6.43. The molecule has 1 aliphatic heterocycles. The zero-order valence-electron chi connectivity index (χ0n) is 13.3. The number of likely N-dealkylation sites (tertiary alicyclic amines) is 1. The maximum Gasteiger partial charge on any atom is 0.310 e. The van der Waals surface area contributed by atoms with E-state index in [0.717, 1.165) is 12.8 Å². The first-order valence-electron chi connectivity index (χ1n) is 7.45. The summed E-state index contributed by atoms with van der Waals surface area (Å²) in [4.78, 5) is 36.6. The van der Waals surface area contributed by atoms with Gasteiger partial charge in [-0.1, -0.05) is 13.8 Å². The Bertz CT molecular complexity index is 422. The van der Waals surface area contributed by atoms with Crippen LogP contribution in [0.3, 0.4) is 0 Å². The lowest BCUT2D eigenvalue weighted by molar-refractivity contribution is -0.155. The predicted octanol–water partition coefficient (Wildman–Crippen LogP) is 1.25. The van der Waals surface area contributed by atoms with Crippen molar-refractivity contribution >= 4 is 17.8 Å². The summed E-state index contributed by atoms with van der Waals surface area (Å²) in [6.45, 7) is 7.80. The van der Waals surface area contributed by atoms with Crippen molar-refractivity contribution in [3.8, 4) is 0 Å². The molecule has 1 fully saturated rings. The van der Waals surface area contributed by atoms with E-state index in [9.17, 15) is 19.5 Å². The summed E-state index contributed by atoms with van der Waals surface area (Å²) in [6.07, 6.45) is 1.67. The van der Waals surface area contributed by atoms with Crippen LogP contribution in [0.5, 0.6) is 0 Å². The molecule has 0 saturated carbocycles. The second-order valence-electron chi connectivity index (χ2n) is 6.43. The van der Waals surface area contributed by atoms with Crippen LogP contribution in [0.1, 0.15) is 47.0 Å². The molecule has 0 aromatic carbocycles. The van der Waals surface area contributed by atoms with E-state index in [4.69, 9.17) is 0 Å². The molecule has 2 atom stereocenters. The second kappa shape index (κ2) is 6.91. The van der Waals surface area contributed by atoms with Gasteiger partial charge < -0.3 is 15.3 Å². The summed E-state index contributed by atoms with van der Waals surface area (Å²) >= 11 is 0. The summed E-state index contributed by atoms with van der Waals surface area (Å²) < 4.78 is 0. The molecule has 1 saturated heterocycles. The van der Waals surface area contributed by atoms with Crippen LogP contribution in [-0.4, -0.2) is 46.9 Å². The van der Waals surface area contributed by atoms with Crippen LogP contribution in [0.4, 0.5) is 0 Å². The topological polar surface area (TPSA) is 86.7 Å². The van der Waals surface area contributed by atoms with Gasteiger partial charge in [0, 0.05) is 32.5 Å². The van der Waals surface area contributed by atoms with Crippen LogP contribution in [-0.2, 0) is 14.4 Å². The molecule has 0 bridgehead atoms. The number of hydrogen-bond acceptors (Lipinski definition) is 3. The molecule has 1 rings (SSSR count). The summed E-state index contributed by atoms with van der Waals surface area (Å²) in [7, 11) is 0. The molecule has 2 amide bonds. The van der Waals surface area contributed by atoms with Gasteiger partial charge in [-0.05, 0) is 25.7 Å². The minimum Gasteiger partial charge on any atom is -0.481 e. The number of carboxylic acid groups (broad SMARTS) is 1. The van der Waals surface area contributed by atoms with E-state index >= 15 is 0 Å². The van der Waals surface area contributed by atoms with Gasteiger partial charge in [-0.2, -0.15) is 0 Å². The van der Waals surface area contributed by atoms with Crippen molar-refractivity contribution in [1.82, 2.24) is 10.2 Å². The highest BCUT2D eigenvalue weighted by molar-refractivity contribution is 5.85. The van der Waals surface area contributed by atoms with Crippen LogP contribution in [0, 0.1) is 11.3 Å². The van der Waals surface area contributed by atoms with E-state index in [1.165, 1.54) is 6.92 Å². The fourth-order valence-corrected chi connectivity index (χ4v) is 2.56. The SMILES string of the molecule is CC(=O)NC1CCCN(C(=O)CC(C)(C(=O)O)C(C)C)C1. The molecule has 0 aliphatic carbocycles. The van der Waals surface area contributed by atoms with Gasteiger partial charge in [0.15, 0.2) is 0 Å². The highest BCUT2D eigenvalue weighted by Gasteiger charge is 2.40. The first-order chi connectivity index (χ1) is 9.66. The van der Waals surface area contributed by atoms with Crippen LogP contribution < -0.4 is 5.32 Å². The van der Waals surface area contributed by atoms with Gasteiger partial charge in [0.25, 0.3) is 0 Å². The van der Waals surface area contributed by atoms with Gasteiger partial charge in [-0.25, -0.2) is 0 Å². The Balaban J connectivity index is 2.70. The van der Waals surface area contributed by atoms with Gasteiger partial charge >= 0.3 is 5.97 Å². The summed E-state index contributed by atoms with van der Waals surface area (Å²) in [5.41, 5.74) is -1.06. The molecule has 0 radical (unpaired) electrons. The Morgan fingerprint density at radius 3 is 2.48 bits per heavy atom. The lowest BCUT2D eigenvalue weighted by atomic mass is 9.76. The number of nitrogens with zero attached hydrogens (tertiary/aromatic N) is 1. The number of piperidine rings is 1. The Morgan fingerprint density at radius 2 is 2.00 bits per heavy atom. The summed E-state index contributed by atoms with van der Waals surface area (Å²) in [6, 6.07) is -0.0321. The zero-order valence-corrected chi connectivity index (χ0v) is 13.3. The van der Waals surface area contributed by atoms with Crippen LogP contribution >= 0.6 is 0 Å². The average Bonchev–Trinajstić information content (AvgIpc) is 2.37. The number of carboxylic acids is 1.